The number of allylic oxidation sites excluding steroid dienone is 2. The van der Waals surface area contributed by atoms with Crippen LogP contribution in [0, 0.1) is 5.92 Å². The standard InChI is InChI=1S/C15H18F3N3O2/c16-15(17,18)14-20-19-12(23-14)10-6-8-21(9-7-10)13(22)11-4-2-1-3-5-11/h1-2,10-11H,3-9H2. The predicted octanol–water partition coefficient (Wildman–Crippen LogP) is 3.15. The molecule has 1 atom stereocenters. The number of halogens is 3. The van der Waals surface area contributed by atoms with Gasteiger partial charge in [0, 0.05) is 24.9 Å². The van der Waals surface area contributed by atoms with Crippen LogP contribution >= 0.6 is 0 Å². The van der Waals surface area contributed by atoms with Gasteiger partial charge in [-0.25, -0.2) is 0 Å². The fourth-order valence-electron chi connectivity index (χ4n) is 3.14. The maximum Gasteiger partial charge on any atom is 0.470 e. The Kier molecular flexibility index (Phi) is 4.41. The van der Waals surface area contributed by atoms with E-state index in [4.69, 9.17) is 4.42 Å². The van der Waals surface area contributed by atoms with Crippen LogP contribution in [0.3, 0.4) is 0 Å². The fourth-order valence-corrected chi connectivity index (χ4v) is 3.14. The maximum atomic E-state index is 12.5. The number of nitrogens with zero attached hydrogens (tertiary/aromatic N) is 3. The molecule has 0 radical (unpaired) electrons. The van der Waals surface area contributed by atoms with E-state index in [0.717, 1.165) is 19.3 Å². The molecule has 0 saturated carbocycles. The lowest BCUT2D eigenvalue weighted by atomic mass is 9.91. The lowest BCUT2D eigenvalue weighted by Crippen LogP contribution is -2.41. The van der Waals surface area contributed by atoms with Gasteiger partial charge in [-0.1, -0.05) is 12.2 Å². The summed E-state index contributed by atoms with van der Waals surface area (Å²) in [5.74, 6) is -1.31. The van der Waals surface area contributed by atoms with Crippen LogP contribution in [-0.2, 0) is 11.0 Å². The first-order chi connectivity index (χ1) is 10.9. The molecule has 23 heavy (non-hydrogen) atoms. The zero-order chi connectivity index (χ0) is 16.4. The Labute approximate surface area is 131 Å². The molecule has 126 valence electrons. The summed E-state index contributed by atoms with van der Waals surface area (Å²) in [7, 11) is 0. The van der Waals surface area contributed by atoms with Crippen LogP contribution in [0.15, 0.2) is 16.6 Å². The highest BCUT2D eigenvalue weighted by Crippen LogP contribution is 2.33. The summed E-state index contributed by atoms with van der Waals surface area (Å²) >= 11 is 0. The zero-order valence-corrected chi connectivity index (χ0v) is 12.6. The van der Waals surface area contributed by atoms with E-state index < -0.39 is 12.1 Å². The molecule has 8 heteroatoms. The van der Waals surface area contributed by atoms with Crippen molar-refractivity contribution in [3.8, 4) is 0 Å². The van der Waals surface area contributed by atoms with Gasteiger partial charge in [-0.3, -0.25) is 4.79 Å². The van der Waals surface area contributed by atoms with Crippen LogP contribution in [0.25, 0.3) is 0 Å². The van der Waals surface area contributed by atoms with Crippen LogP contribution in [0.5, 0.6) is 0 Å². The Morgan fingerprint density at radius 3 is 2.48 bits per heavy atom. The van der Waals surface area contributed by atoms with E-state index in [-0.39, 0.29) is 23.6 Å². The number of aromatic nitrogens is 2. The van der Waals surface area contributed by atoms with Crippen LogP contribution in [0.2, 0.25) is 0 Å². The number of hydrogen-bond donors (Lipinski definition) is 0. The molecule has 5 nitrogen and oxygen atoms in total. The summed E-state index contributed by atoms with van der Waals surface area (Å²) in [4.78, 5) is 14.2. The van der Waals surface area contributed by atoms with Crippen molar-refractivity contribution in [2.45, 2.75) is 44.2 Å². The topological polar surface area (TPSA) is 59.2 Å². The number of likely N-dealkylation sites (tertiary alicyclic amines) is 1. The molecular weight excluding hydrogens is 311 g/mol. The summed E-state index contributed by atoms with van der Waals surface area (Å²) in [5, 5.41) is 6.58. The molecule has 2 aliphatic rings. The van der Waals surface area contributed by atoms with E-state index in [1.807, 2.05) is 6.08 Å². The Morgan fingerprint density at radius 2 is 1.91 bits per heavy atom. The summed E-state index contributed by atoms with van der Waals surface area (Å²) in [6.45, 7) is 1.04. The van der Waals surface area contributed by atoms with Crippen molar-refractivity contribution in [3.05, 3.63) is 23.9 Å². The van der Waals surface area contributed by atoms with Crippen molar-refractivity contribution < 1.29 is 22.4 Å². The Balaban J connectivity index is 1.57. The van der Waals surface area contributed by atoms with Crippen LogP contribution in [0.1, 0.15) is 49.8 Å². The molecule has 1 aliphatic carbocycles. The molecular formula is C15H18F3N3O2. The molecule has 0 aromatic carbocycles. The fraction of sp³-hybridized carbons (Fsp3) is 0.667. The number of rotatable bonds is 2. The Morgan fingerprint density at radius 1 is 1.17 bits per heavy atom. The minimum Gasteiger partial charge on any atom is -0.417 e. The minimum absolute atomic E-state index is 0.0185. The SMILES string of the molecule is O=C(C1CC=CCC1)N1CCC(c2nnc(C(F)(F)F)o2)CC1. The quantitative estimate of drug-likeness (QED) is 0.782. The number of carbonyl (C=O) groups excluding carboxylic acids is 1. The van der Waals surface area contributed by atoms with E-state index in [9.17, 15) is 18.0 Å². The zero-order valence-electron chi connectivity index (χ0n) is 12.6. The molecule has 3 rings (SSSR count). The van der Waals surface area contributed by atoms with E-state index in [0.29, 0.717) is 25.9 Å². The third kappa shape index (κ3) is 3.56. The molecule has 1 unspecified atom stereocenters. The van der Waals surface area contributed by atoms with Gasteiger partial charge in [0.1, 0.15) is 0 Å². The van der Waals surface area contributed by atoms with Gasteiger partial charge in [0.15, 0.2) is 0 Å². The van der Waals surface area contributed by atoms with Crippen molar-refractivity contribution in [1.29, 1.82) is 0 Å². The highest BCUT2D eigenvalue weighted by molar-refractivity contribution is 5.79. The second-order valence-electron chi connectivity index (χ2n) is 6.02. The summed E-state index contributed by atoms with van der Waals surface area (Å²) in [6.07, 6.45) is 3.18. The first kappa shape index (κ1) is 16.0. The van der Waals surface area contributed by atoms with E-state index in [2.05, 4.69) is 16.3 Å². The van der Waals surface area contributed by atoms with Crippen molar-refractivity contribution in [1.82, 2.24) is 15.1 Å². The summed E-state index contributed by atoms with van der Waals surface area (Å²) in [6, 6.07) is 0. The van der Waals surface area contributed by atoms with Crippen LogP contribution in [-0.4, -0.2) is 34.1 Å². The van der Waals surface area contributed by atoms with E-state index in [1.54, 1.807) is 4.90 Å². The van der Waals surface area contributed by atoms with Gasteiger partial charge < -0.3 is 9.32 Å². The number of carbonyl (C=O) groups is 1. The molecule has 1 aliphatic heterocycles. The van der Waals surface area contributed by atoms with Crippen molar-refractivity contribution >= 4 is 5.91 Å². The number of alkyl halides is 3. The monoisotopic (exact) mass is 329 g/mol. The summed E-state index contributed by atoms with van der Waals surface area (Å²) < 4.78 is 42.2. The van der Waals surface area contributed by atoms with Crippen LogP contribution < -0.4 is 0 Å². The highest BCUT2D eigenvalue weighted by atomic mass is 19.4. The van der Waals surface area contributed by atoms with Gasteiger partial charge in [0.2, 0.25) is 11.8 Å². The van der Waals surface area contributed by atoms with E-state index >= 15 is 0 Å². The number of amides is 1. The molecule has 1 aromatic heterocycles. The van der Waals surface area contributed by atoms with Crippen molar-refractivity contribution in [2.24, 2.45) is 5.92 Å². The molecule has 1 fully saturated rings. The lowest BCUT2D eigenvalue weighted by molar-refractivity contribution is -0.157. The third-order valence-electron chi connectivity index (χ3n) is 4.46. The maximum absolute atomic E-state index is 12.5. The molecule has 2 heterocycles. The number of hydrogen-bond acceptors (Lipinski definition) is 4. The van der Waals surface area contributed by atoms with Crippen LogP contribution in [0.4, 0.5) is 13.2 Å². The smallest absolute Gasteiger partial charge is 0.417 e. The average Bonchev–Trinajstić information content (AvgIpc) is 3.05. The minimum atomic E-state index is -4.61. The van der Waals surface area contributed by atoms with Gasteiger partial charge in [0.05, 0.1) is 0 Å². The Hall–Kier alpha value is -1.86. The molecule has 1 saturated heterocycles. The van der Waals surface area contributed by atoms with Gasteiger partial charge in [-0.2, -0.15) is 13.2 Å². The molecule has 0 spiro atoms. The second kappa shape index (κ2) is 6.33. The largest absolute Gasteiger partial charge is 0.470 e. The highest BCUT2D eigenvalue weighted by Gasteiger charge is 2.39. The molecule has 1 amide bonds. The molecule has 1 aromatic rings. The van der Waals surface area contributed by atoms with Crippen molar-refractivity contribution in [3.63, 3.8) is 0 Å². The van der Waals surface area contributed by atoms with Crippen molar-refractivity contribution in [2.75, 3.05) is 13.1 Å². The normalized spacial score (nSPS) is 23.3. The van der Waals surface area contributed by atoms with Gasteiger partial charge >= 0.3 is 12.1 Å². The van der Waals surface area contributed by atoms with Gasteiger partial charge in [-0.05, 0) is 32.1 Å². The number of piperidine rings is 1. The third-order valence-corrected chi connectivity index (χ3v) is 4.46. The lowest BCUT2D eigenvalue weighted by Gasteiger charge is -2.33. The van der Waals surface area contributed by atoms with E-state index in [1.165, 1.54) is 0 Å². The molecule has 0 bridgehead atoms. The van der Waals surface area contributed by atoms with Gasteiger partial charge in [0.25, 0.3) is 0 Å². The first-order valence-electron chi connectivity index (χ1n) is 7.79. The summed E-state index contributed by atoms with van der Waals surface area (Å²) in [5.41, 5.74) is 0. The predicted molar refractivity (Wildman–Crippen MR) is 74.3 cm³/mol. The van der Waals surface area contributed by atoms with Gasteiger partial charge in [-0.15, -0.1) is 10.2 Å². The average molecular weight is 329 g/mol. The first-order valence-corrected chi connectivity index (χ1v) is 7.79. The molecule has 0 N–H and O–H groups in total. The Bertz CT molecular complexity index is 589. The second-order valence-corrected chi connectivity index (χ2v) is 6.02.